The smallest absolute Gasteiger partial charge is 0.300 e. The van der Waals surface area contributed by atoms with Crippen molar-refractivity contribution in [3.8, 4) is 45.8 Å². The number of carbonyl (C=O) groups is 1. The molecule has 9 rings (SSSR count). The van der Waals surface area contributed by atoms with E-state index in [1.807, 2.05) is 28.1 Å². The van der Waals surface area contributed by atoms with Crippen LogP contribution >= 0.6 is 0 Å². The van der Waals surface area contributed by atoms with Crippen LogP contribution in [0.2, 0.25) is 0 Å². The van der Waals surface area contributed by atoms with Crippen LogP contribution in [0.25, 0.3) is 50.3 Å². The fourth-order valence-electron chi connectivity index (χ4n) is 8.47. The van der Waals surface area contributed by atoms with E-state index in [0.29, 0.717) is 43.9 Å². The summed E-state index contributed by atoms with van der Waals surface area (Å²) in [6, 6.07) is 25.3. The number of hydrogen-bond donors (Lipinski definition) is 2. The van der Waals surface area contributed by atoms with Crippen molar-refractivity contribution in [1.82, 2.24) is 24.7 Å². The maximum Gasteiger partial charge on any atom is 0.300 e. The molecule has 2 aliphatic heterocycles. The van der Waals surface area contributed by atoms with Crippen LogP contribution in [-0.4, -0.2) is 86.5 Å². The van der Waals surface area contributed by atoms with Gasteiger partial charge >= 0.3 is 0 Å². The summed E-state index contributed by atoms with van der Waals surface area (Å²) in [7, 11) is 3.92. The zero-order valence-electron chi connectivity index (χ0n) is 34.4. The molecule has 13 heteroatoms. The van der Waals surface area contributed by atoms with Gasteiger partial charge < -0.3 is 28.9 Å². The quantitative estimate of drug-likeness (QED) is 0.151. The molecule has 0 amide bonds. The first kappa shape index (κ1) is 41.4. The van der Waals surface area contributed by atoms with E-state index in [1.54, 1.807) is 13.2 Å². The number of carboxylic acids is 1. The van der Waals surface area contributed by atoms with Gasteiger partial charge in [0.1, 0.15) is 11.3 Å². The molecule has 4 aromatic carbocycles. The third kappa shape index (κ3) is 8.96. The number of carboxylic acid groups (broad SMARTS) is 1. The SMILES string of the molecule is CC#N.CC(=O)O.COc1cc(-n2ncc3c(-c4cccc(-c5nc6cc(CN(C)C7CCCCC7)ccc6o5)c4C)cccc32)cc2c1CN(C1CCOCC1O)O2. The van der Waals surface area contributed by atoms with Crippen LogP contribution in [0.5, 0.6) is 11.5 Å². The molecule has 4 heterocycles. The van der Waals surface area contributed by atoms with Gasteiger partial charge in [-0.1, -0.05) is 49.6 Å². The van der Waals surface area contributed by atoms with Crippen molar-refractivity contribution in [3.05, 3.63) is 89.6 Å². The van der Waals surface area contributed by atoms with E-state index in [-0.39, 0.29) is 6.04 Å². The molecule has 2 N–H and O–H groups in total. The highest BCUT2D eigenvalue weighted by molar-refractivity contribution is 5.97. The topological polar surface area (TPSA) is 159 Å². The average molecular weight is 801 g/mol. The number of rotatable bonds is 8. The molecule has 2 aromatic heterocycles. The van der Waals surface area contributed by atoms with Gasteiger partial charge in [0.25, 0.3) is 5.97 Å². The highest BCUT2D eigenvalue weighted by Crippen LogP contribution is 2.41. The highest BCUT2D eigenvalue weighted by Gasteiger charge is 2.37. The Morgan fingerprint density at radius 3 is 2.51 bits per heavy atom. The minimum atomic E-state index is -0.833. The first-order chi connectivity index (χ1) is 28.6. The van der Waals surface area contributed by atoms with E-state index in [1.165, 1.54) is 44.6 Å². The number of ether oxygens (including phenoxy) is 2. The van der Waals surface area contributed by atoms with Gasteiger partial charge in [0, 0.05) is 56.1 Å². The maximum absolute atomic E-state index is 10.6. The Labute approximate surface area is 344 Å². The molecule has 2 fully saturated rings. The fraction of sp³-hybridized carbons (Fsp3) is 0.391. The average Bonchev–Trinajstić information content (AvgIpc) is 3.98. The van der Waals surface area contributed by atoms with Gasteiger partial charge in [-0.05, 0) is 79.8 Å². The number of aliphatic hydroxyl groups is 1. The maximum atomic E-state index is 10.6. The van der Waals surface area contributed by atoms with Crippen LogP contribution in [0.1, 0.15) is 69.1 Å². The molecule has 59 heavy (non-hydrogen) atoms. The molecular weight excluding hydrogens is 749 g/mol. The predicted octanol–water partition coefficient (Wildman–Crippen LogP) is 8.46. The number of oxazole rings is 1. The monoisotopic (exact) mass is 800 g/mol. The van der Waals surface area contributed by atoms with Crippen molar-refractivity contribution >= 4 is 28.0 Å². The number of fused-ring (bicyclic) bond motifs is 3. The van der Waals surface area contributed by atoms with Gasteiger partial charge in [0.2, 0.25) is 5.89 Å². The molecular formula is C46H52N6O7. The van der Waals surface area contributed by atoms with Crippen molar-refractivity contribution in [2.75, 3.05) is 27.4 Å². The van der Waals surface area contributed by atoms with Crippen molar-refractivity contribution < 1.29 is 33.7 Å². The second-order valence-corrected chi connectivity index (χ2v) is 15.3. The molecule has 2 unspecified atom stereocenters. The summed E-state index contributed by atoms with van der Waals surface area (Å²) in [6.45, 7) is 6.99. The second-order valence-electron chi connectivity index (χ2n) is 15.3. The number of hydrogen-bond acceptors (Lipinski definition) is 11. The third-order valence-electron chi connectivity index (χ3n) is 11.4. The van der Waals surface area contributed by atoms with E-state index in [2.05, 4.69) is 73.5 Å². The molecule has 13 nitrogen and oxygen atoms in total. The Morgan fingerprint density at radius 1 is 1.03 bits per heavy atom. The number of aliphatic hydroxyl groups excluding tert-OH is 1. The molecule has 0 spiro atoms. The Kier molecular flexibility index (Phi) is 12.9. The molecule has 0 radical (unpaired) electrons. The Morgan fingerprint density at radius 2 is 1.76 bits per heavy atom. The molecule has 1 aliphatic carbocycles. The van der Waals surface area contributed by atoms with Gasteiger partial charge in [-0.2, -0.15) is 10.4 Å². The van der Waals surface area contributed by atoms with Gasteiger partial charge in [-0.3, -0.25) is 9.69 Å². The standard InChI is InChI=1S/C42H45N5O5.C2H3N.C2H4O2/c1-26-30(11-7-12-31(26)42-44-35-19-27(15-16-39(35)51-42)23-45(2)28-9-5-4-6-10-28)32-13-8-14-36-33(32)22-43-47(36)29-20-40(49-3)34-24-46(52-41(34)21-29)37-17-18-50-25-38(37)48;1-2-3;1-2(3)4/h7-8,11-16,19-22,28,37-38,48H,4-6,9-10,17-18,23-25H2,1-3H3;1H3;1H3,(H,3,4). The number of aliphatic carboxylic acids is 1. The lowest BCUT2D eigenvalue weighted by Crippen LogP contribution is -2.48. The number of hydroxylamine groups is 2. The number of nitriles is 1. The number of benzene rings is 4. The molecule has 0 bridgehead atoms. The molecule has 2 atom stereocenters. The lowest BCUT2D eigenvalue weighted by molar-refractivity contribution is -0.156. The van der Waals surface area contributed by atoms with Crippen molar-refractivity contribution in [2.45, 2.75) is 90.6 Å². The Bertz CT molecular complexity index is 2460. The van der Waals surface area contributed by atoms with Gasteiger partial charge in [0.05, 0.1) is 61.4 Å². The van der Waals surface area contributed by atoms with Crippen LogP contribution in [0.3, 0.4) is 0 Å². The summed E-state index contributed by atoms with van der Waals surface area (Å²) < 4.78 is 19.6. The summed E-state index contributed by atoms with van der Waals surface area (Å²) in [5, 5.41) is 33.1. The van der Waals surface area contributed by atoms with Gasteiger partial charge in [-0.15, -0.1) is 5.06 Å². The fourth-order valence-corrected chi connectivity index (χ4v) is 8.47. The van der Waals surface area contributed by atoms with Crippen LogP contribution in [0.4, 0.5) is 0 Å². The predicted molar refractivity (Wildman–Crippen MR) is 225 cm³/mol. The van der Waals surface area contributed by atoms with Gasteiger partial charge in [-0.25, -0.2) is 9.67 Å². The lowest BCUT2D eigenvalue weighted by Gasteiger charge is -2.33. The number of aromatic nitrogens is 3. The summed E-state index contributed by atoms with van der Waals surface area (Å²) in [5.74, 6) is 1.22. The molecule has 308 valence electrons. The van der Waals surface area contributed by atoms with E-state index in [4.69, 9.17) is 44.0 Å². The van der Waals surface area contributed by atoms with Crippen molar-refractivity contribution in [3.63, 3.8) is 0 Å². The third-order valence-corrected chi connectivity index (χ3v) is 11.4. The molecule has 6 aromatic rings. The van der Waals surface area contributed by atoms with E-state index in [9.17, 15) is 5.11 Å². The van der Waals surface area contributed by atoms with E-state index < -0.39 is 12.1 Å². The zero-order chi connectivity index (χ0) is 41.6. The Balaban J connectivity index is 0.000000704. The largest absolute Gasteiger partial charge is 0.496 e. The highest BCUT2D eigenvalue weighted by atomic mass is 16.7. The lowest BCUT2D eigenvalue weighted by atomic mass is 9.94. The minimum Gasteiger partial charge on any atom is -0.496 e. The molecule has 3 aliphatic rings. The van der Waals surface area contributed by atoms with Gasteiger partial charge in [0.15, 0.2) is 11.3 Å². The van der Waals surface area contributed by atoms with Crippen molar-refractivity contribution in [1.29, 1.82) is 5.26 Å². The van der Waals surface area contributed by atoms with Crippen LogP contribution < -0.4 is 9.57 Å². The first-order valence-electron chi connectivity index (χ1n) is 20.2. The van der Waals surface area contributed by atoms with Crippen LogP contribution in [-0.2, 0) is 22.6 Å². The molecule has 1 saturated carbocycles. The Hall–Kier alpha value is -5.78. The van der Waals surface area contributed by atoms with E-state index in [0.717, 1.165) is 74.7 Å². The minimum absolute atomic E-state index is 0.147. The van der Waals surface area contributed by atoms with Crippen molar-refractivity contribution in [2.24, 2.45) is 0 Å². The summed E-state index contributed by atoms with van der Waals surface area (Å²) in [4.78, 5) is 22.8. The second kappa shape index (κ2) is 18.4. The zero-order valence-corrected chi connectivity index (χ0v) is 34.4. The molecule has 1 saturated heterocycles. The normalized spacial score (nSPS) is 18.0. The number of nitrogens with zero attached hydrogens (tertiary/aromatic N) is 6. The summed E-state index contributed by atoms with van der Waals surface area (Å²) >= 11 is 0. The summed E-state index contributed by atoms with van der Waals surface area (Å²) in [6.07, 6.45) is 8.62. The van der Waals surface area contributed by atoms with Crippen LogP contribution in [0.15, 0.2) is 77.3 Å². The summed E-state index contributed by atoms with van der Waals surface area (Å²) in [5.41, 5.74) is 9.94. The van der Waals surface area contributed by atoms with E-state index >= 15 is 0 Å². The number of methoxy groups -OCH3 is 1. The van der Waals surface area contributed by atoms with Crippen LogP contribution in [0, 0.1) is 18.3 Å². The first-order valence-corrected chi connectivity index (χ1v) is 20.2.